The Kier molecular flexibility index (Phi) is 5.87. The lowest BCUT2D eigenvalue weighted by Crippen LogP contribution is -2.61. The smallest absolute Gasteiger partial charge is 0.309 e. The van der Waals surface area contributed by atoms with Gasteiger partial charge < -0.3 is 10.2 Å². The molecule has 9 atom stereocenters. The van der Waals surface area contributed by atoms with Crippen molar-refractivity contribution in [2.75, 3.05) is 0 Å². The van der Waals surface area contributed by atoms with Crippen molar-refractivity contribution in [3.63, 3.8) is 0 Å². The first-order chi connectivity index (χ1) is 17.4. The maximum absolute atomic E-state index is 12.5. The Labute approximate surface area is 223 Å². The van der Waals surface area contributed by atoms with Crippen LogP contribution in [0.4, 0.5) is 0 Å². The maximum atomic E-state index is 12.5. The van der Waals surface area contributed by atoms with Crippen molar-refractivity contribution in [3.05, 3.63) is 23.3 Å². The van der Waals surface area contributed by atoms with Gasteiger partial charge in [0.05, 0.1) is 11.3 Å². The van der Waals surface area contributed by atoms with Gasteiger partial charge in [0.15, 0.2) is 0 Å². The van der Waals surface area contributed by atoms with Gasteiger partial charge in [-0.25, -0.2) is 0 Å². The van der Waals surface area contributed by atoms with Crippen molar-refractivity contribution in [2.45, 2.75) is 111 Å². The van der Waals surface area contributed by atoms with Crippen molar-refractivity contribution in [2.24, 2.45) is 57.2 Å². The molecule has 0 aliphatic heterocycles. The number of allylic oxidation sites excluding steroid dienone is 4. The standard InChI is InChI=1S/C33H48O4/c1-30(2)23(20-7-9-21(10-8-20)28(34)35)13-17-32(4)26(30)15-18-31(3)24-14-19-33(29(36)37)16-5-6-25(33)22(24)11-12-27(31)32/h7,13,21-22,24-27H,5-6,8-12,14-19H2,1-4H3,(H,34,35)(H,36,37)/t21?,22-,24?,25+,26?,27?,31-,32-,33-/m0/s1. The average Bonchev–Trinajstić information content (AvgIpc) is 3.30. The summed E-state index contributed by atoms with van der Waals surface area (Å²) in [4.78, 5) is 24.0. The molecule has 2 N–H and O–H groups in total. The van der Waals surface area contributed by atoms with Crippen LogP contribution >= 0.6 is 0 Å². The Balaban J connectivity index is 1.29. The molecule has 4 nitrogen and oxygen atoms in total. The van der Waals surface area contributed by atoms with Crippen molar-refractivity contribution in [1.29, 1.82) is 0 Å². The lowest BCUT2D eigenvalue weighted by atomic mass is 9.36. The molecule has 204 valence electrons. The van der Waals surface area contributed by atoms with Gasteiger partial charge in [0.2, 0.25) is 0 Å². The second kappa shape index (κ2) is 8.46. The molecule has 0 amide bonds. The molecule has 4 saturated carbocycles. The predicted octanol–water partition coefficient (Wildman–Crippen LogP) is 7.88. The number of aliphatic carboxylic acids is 2. The number of hydrogen-bond acceptors (Lipinski definition) is 2. The predicted molar refractivity (Wildman–Crippen MR) is 145 cm³/mol. The highest BCUT2D eigenvalue weighted by molar-refractivity contribution is 5.76. The van der Waals surface area contributed by atoms with Gasteiger partial charge in [-0.05, 0) is 134 Å². The van der Waals surface area contributed by atoms with E-state index in [1.54, 1.807) is 0 Å². The van der Waals surface area contributed by atoms with Gasteiger partial charge in [-0.15, -0.1) is 0 Å². The molecular formula is C33H48O4. The maximum Gasteiger partial charge on any atom is 0.309 e. The van der Waals surface area contributed by atoms with Crippen LogP contribution in [0.3, 0.4) is 0 Å². The normalized spacial score (nSPS) is 48.4. The van der Waals surface area contributed by atoms with Crippen LogP contribution < -0.4 is 0 Å². The second-order valence-corrected chi connectivity index (χ2v) is 15.1. The summed E-state index contributed by atoms with van der Waals surface area (Å²) < 4.78 is 0. The minimum atomic E-state index is -0.650. The molecule has 0 aromatic rings. The molecule has 4 fully saturated rings. The van der Waals surface area contributed by atoms with Gasteiger partial charge in [0.1, 0.15) is 0 Å². The highest BCUT2D eigenvalue weighted by atomic mass is 16.4. The van der Waals surface area contributed by atoms with Crippen LogP contribution in [0.25, 0.3) is 0 Å². The van der Waals surface area contributed by atoms with Crippen LogP contribution in [0.1, 0.15) is 111 Å². The molecule has 37 heavy (non-hydrogen) atoms. The zero-order chi connectivity index (χ0) is 26.4. The molecule has 0 saturated heterocycles. The van der Waals surface area contributed by atoms with Crippen LogP contribution in [-0.4, -0.2) is 22.2 Å². The number of carboxylic acids is 2. The Morgan fingerprint density at radius 2 is 1.59 bits per heavy atom. The van der Waals surface area contributed by atoms with E-state index in [1.165, 1.54) is 36.8 Å². The van der Waals surface area contributed by atoms with Crippen LogP contribution in [0.2, 0.25) is 0 Å². The Morgan fingerprint density at radius 1 is 0.811 bits per heavy atom. The molecule has 0 spiro atoms. The van der Waals surface area contributed by atoms with E-state index in [-0.39, 0.29) is 16.7 Å². The van der Waals surface area contributed by atoms with Gasteiger partial charge in [-0.2, -0.15) is 0 Å². The fourth-order valence-corrected chi connectivity index (χ4v) is 12.0. The summed E-state index contributed by atoms with van der Waals surface area (Å²) in [5, 5.41) is 19.7. The van der Waals surface area contributed by atoms with Gasteiger partial charge in [-0.1, -0.05) is 46.3 Å². The van der Waals surface area contributed by atoms with Crippen LogP contribution in [0, 0.1) is 57.2 Å². The van der Waals surface area contributed by atoms with E-state index in [0.717, 1.165) is 51.4 Å². The fourth-order valence-electron chi connectivity index (χ4n) is 12.0. The van der Waals surface area contributed by atoms with Crippen LogP contribution in [0.5, 0.6) is 0 Å². The average molecular weight is 509 g/mol. The zero-order valence-electron chi connectivity index (χ0n) is 23.5. The summed E-state index contributed by atoms with van der Waals surface area (Å²) >= 11 is 0. The molecule has 6 rings (SSSR count). The highest BCUT2D eigenvalue weighted by Gasteiger charge is 2.66. The first-order valence-electron chi connectivity index (χ1n) is 15.3. The Bertz CT molecular complexity index is 1050. The molecule has 0 aromatic carbocycles. The number of rotatable bonds is 3. The fraction of sp³-hybridized carbons (Fsp3) is 0.818. The van der Waals surface area contributed by atoms with E-state index in [1.807, 2.05) is 0 Å². The molecule has 0 radical (unpaired) electrons. The zero-order valence-corrected chi connectivity index (χ0v) is 23.5. The monoisotopic (exact) mass is 508 g/mol. The summed E-state index contributed by atoms with van der Waals surface area (Å²) in [5.74, 6) is 1.65. The van der Waals surface area contributed by atoms with Gasteiger partial charge in [0.25, 0.3) is 0 Å². The Hall–Kier alpha value is -1.58. The largest absolute Gasteiger partial charge is 0.481 e. The number of carbonyl (C=O) groups is 2. The minimum Gasteiger partial charge on any atom is -0.481 e. The van der Waals surface area contributed by atoms with E-state index >= 15 is 0 Å². The van der Waals surface area contributed by atoms with Gasteiger partial charge in [-0.3, -0.25) is 9.59 Å². The van der Waals surface area contributed by atoms with E-state index in [2.05, 4.69) is 39.8 Å². The molecule has 0 aromatic heterocycles. The summed E-state index contributed by atoms with van der Waals surface area (Å²) in [5.41, 5.74) is 3.20. The third-order valence-corrected chi connectivity index (χ3v) is 13.6. The van der Waals surface area contributed by atoms with Crippen LogP contribution in [-0.2, 0) is 9.59 Å². The summed E-state index contributed by atoms with van der Waals surface area (Å²) in [7, 11) is 0. The highest BCUT2D eigenvalue weighted by Crippen LogP contribution is 2.73. The molecule has 6 aliphatic carbocycles. The van der Waals surface area contributed by atoms with E-state index < -0.39 is 17.4 Å². The first kappa shape index (κ1) is 25.7. The molecule has 0 heterocycles. The van der Waals surface area contributed by atoms with Crippen molar-refractivity contribution < 1.29 is 19.8 Å². The van der Waals surface area contributed by atoms with E-state index in [4.69, 9.17) is 0 Å². The molecule has 0 bridgehead atoms. The number of fused-ring (bicyclic) bond motifs is 7. The molecule has 4 unspecified atom stereocenters. The van der Waals surface area contributed by atoms with Crippen molar-refractivity contribution in [3.8, 4) is 0 Å². The molecular weight excluding hydrogens is 460 g/mol. The summed E-state index contributed by atoms with van der Waals surface area (Å²) in [6, 6.07) is 0. The lowest BCUT2D eigenvalue weighted by molar-refractivity contribution is -0.189. The minimum absolute atomic E-state index is 0.101. The quantitative estimate of drug-likeness (QED) is 0.406. The van der Waals surface area contributed by atoms with E-state index in [0.29, 0.717) is 41.4 Å². The topological polar surface area (TPSA) is 74.6 Å². The van der Waals surface area contributed by atoms with Crippen LogP contribution in [0.15, 0.2) is 23.3 Å². The van der Waals surface area contributed by atoms with Crippen molar-refractivity contribution in [1.82, 2.24) is 0 Å². The summed E-state index contributed by atoms with van der Waals surface area (Å²) in [6.45, 7) is 10.2. The number of carboxylic acid groups (broad SMARTS) is 2. The van der Waals surface area contributed by atoms with Crippen molar-refractivity contribution >= 4 is 11.9 Å². The summed E-state index contributed by atoms with van der Waals surface area (Å²) in [6.07, 6.45) is 18.5. The SMILES string of the molecule is CC1(C)C(C2=CCC(C(=O)O)CC2)=CC[C@@]2(C)C1CC[C@@]1(C)C3CC[C@@]4(C(=O)O)CCC[C@@H]4[C@H]3CCC12. The third-order valence-electron chi connectivity index (χ3n) is 13.6. The van der Waals surface area contributed by atoms with Gasteiger partial charge in [0, 0.05) is 0 Å². The lowest BCUT2D eigenvalue weighted by Gasteiger charge is -2.68. The molecule has 6 aliphatic rings. The third kappa shape index (κ3) is 3.45. The van der Waals surface area contributed by atoms with Gasteiger partial charge >= 0.3 is 11.9 Å². The number of hydrogen-bond donors (Lipinski definition) is 2. The second-order valence-electron chi connectivity index (χ2n) is 15.1. The molecule has 4 heteroatoms. The first-order valence-corrected chi connectivity index (χ1v) is 15.3. The Morgan fingerprint density at radius 3 is 2.27 bits per heavy atom. The van der Waals surface area contributed by atoms with E-state index in [9.17, 15) is 19.8 Å².